The maximum absolute atomic E-state index is 9.86. The summed E-state index contributed by atoms with van der Waals surface area (Å²) in [5, 5.41) is 9.86. The van der Waals surface area contributed by atoms with Crippen LogP contribution in [0.1, 0.15) is 20.8 Å². The lowest BCUT2D eigenvalue weighted by Gasteiger charge is -2.41. The molecule has 1 aromatic rings. The van der Waals surface area contributed by atoms with E-state index in [2.05, 4.69) is 26.7 Å². The minimum atomic E-state index is -0.634. The maximum atomic E-state index is 9.86. The van der Waals surface area contributed by atoms with Crippen LogP contribution in [-0.4, -0.2) is 57.8 Å². The van der Waals surface area contributed by atoms with Crippen LogP contribution in [0.2, 0.25) is 0 Å². The highest BCUT2D eigenvalue weighted by Crippen LogP contribution is 2.17. The molecule has 100 valence electrons. The van der Waals surface area contributed by atoms with E-state index < -0.39 is 5.60 Å². The van der Waals surface area contributed by atoms with Crippen molar-refractivity contribution in [1.82, 2.24) is 14.9 Å². The third-order valence-electron chi connectivity index (χ3n) is 3.13. The Hall–Kier alpha value is -1.20. The van der Waals surface area contributed by atoms with Gasteiger partial charge >= 0.3 is 0 Å². The van der Waals surface area contributed by atoms with Crippen LogP contribution in [0.4, 0.5) is 5.95 Å². The van der Waals surface area contributed by atoms with Crippen molar-refractivity contribution in [2.45, 2.75) is 32.4 Å². The fourth-order valence-electron chi connectivity index (χ4n) is 2.46. The highest BCUT2D eigenvalue weighted by molar-refractivity contribution is 5.31. The van der Waals surface area contributed by atoms with Crippen molar-refractivity contribution in [2.75, 3.05) is 31.1 Å². The highest BCUT2D eigenvalue weighted by atomic mass is 16.3. The number of rotatable bonds is 3. The second-order valence-corrected chi connectivity index (χ2v) is 5.64. The van der Waals surface area contributed by atoms with Gasteiger partial charge in [0, 0.05) is 44.6 Å². The molecule has 2 rings (SSSR count). The summed E-state index contributed by atoms with van der Waals surface area (Å²) in [6.07, 6.45) is 3.55. The summed E-state index contributed by atoms with van der Waals surface area (Å²) < 4.78 is 0. The molecule has 0 radical (unpaired) electrons. The molecule has 5 nitrogen and oxygen atoms in total. The molecule has 1 fully saturated rings. The van der Waals surface area contributed by atoms with Crippen molar-refractivity contribution in [3.8, 4) is 0 Å². The van der Waals surface area contributed by atoms with Gasteiger partial charge in [-0.15, -0.1) is 0 Å². The predicted molar refractivity (Wildman–Crippen MR) is 71.6 cm³/mol. The van der Waals surface area contributed by atoms with Gasteiger partial charge in [-0.2, -0.15) is 0 Å². The first-order valence-electron chi connectivity index (χ1n) is 6.44. The summed E-state index contributed by atoms with van der Waals surface area (Å²) in [6, 6.07) is 2.20. The molecule has 5 heteroatoms. The zero-order valence-corrected chi connectivity index (χ0v) is 11.4. The summed E-state index contributed by atoms with van der Waals surface area (Å²) >= 11 is 0. The van der Waals surface area contributed by atoms with Crippen molar-refractivity contribution in [2.24, 2.45) is 0 Å². The molecule has 1 aromatic heterocycles. The lowest BCUT2D eigenvalue weighted by atomic mass is 10.1. The van der Waals surface area contributed by atoms with E-state index in [4.69, 9.17) is 0 Å². The first-order chi connectivity index (χ1) is 8.46. The summed E-state index contributed by atoms with van der Waals surface area (Å²) in [4.78, 5) is 13.1. The molecule has 2 heterocycles. The van der Waals surface area contributed by atoms with E-state index in [1.807, 2.05) is 19.9 Å². The van der Waals surface area contributed by atoms with Crippen molar-refractivity contribution in [3.63, 3.8) is 0 Å². The van der Waals surface area contributed by atoms with Gasteiger partial charge in [0.1, 0.15) is 0 Å². The monoisotopic (exact) mass is 250 g/mol. The Morgan fingerprint density at radius 2 is 2.00 bits per heavy atom. The Morgan fingerprint density at radius 3 is 2.56 bits per heavy atom. The van der Waals surface area contributed by atoms with Crippen LogP contribution in [0.15, 0.2) is 18.5 Å². The summed E-state index contributed by atoms with van der Waals surface area (Å²) in [7, 11) is 0. The van der Waals surface area contributed by atoms with Gasteiger partial charge in [-0.3, -0.25) is 4.90 Å². The van der Waals surface area contributed by atoms with Gasteiger partial charge in [0.15, 0.2) is 0 Å². The SMILES string of the molecule is CC1CN(CC(C)(C)O)CCN1c1ncccn1. The molecule has 1 N–H and O–H groups in total. The van der Waals surface area contributed by atoms with Crippen molar-refractivity contribution in [3.05, 3.63) is 18.5 Å². The van der Waals surface area contributed by atoms with Crippen LogP contribution in [0.3, 0.4) is 0 Å². The number of aliphatic hydroxyl groups is 1. The lowest BCUT2D eigenvalue weighted by molar-refractivity contribution is 0.0307. The number of nitrogens with zero attached hydrogens (tertiary/aromatic N) is 4. The number of piperazine rings is 1. The van der Waals surface area contributed by atoms with Crippen LogP contribution < -0.4 is 4.90 Å². The average Bonchev–Trinajstić information content (AvgIpc) is 2.28. The van der Waals surface area contributed by atoms with Crippen molar-refractivity contribution >= 4 is 5.95 Å². The van der Waals surface area contributed by atoms with Gasteiger partial charge in [-0.25, -0.2) is 9.97 Å². The normalized spacial score (nSPS) is 22.2. The summed E-state index contributed by atoms with van der Waals surface area (Å²) in [6.45, 7) is 9.36. The Balaban J connectivity index is 1.97. The molecule has 1 saturated heterocycles. The third kappa shape index (κ3) is 3.40. The molecule has 1 atom stereocenters. The van der Waals surface area contributed by atoms with Crippen LogP contribution in [0, 0.1) is 0 Å². The second-order valence-electron chi connectivity index (χ2n) is 5.64. The molecule has 1 unspecified atom stereocenters. The lowest BCUT2D eigenvalue weighted by Crippen LogP contribution is -2.55. The zero-order chi connectivity index (χ0) is 13.2. The molecule has 18 heavy (non-hydrogen) atoms. The zero-order valence-electron chi connectivity index (χ0n) is 11.4. The van der Waals surface area contributed by atoms with Crippen molar-refractivity contribution in [1.29, 1.82) is 0 Å². The molecule has 0 aromatic carbocycles. The number of β-amino-alcohol motifs (C(OH)–C–C–N with tert-alkyl or cyclic N) is 1. The number of hydrogen-bond donors (Lipinski definition) is 1. The van der Waals surface area contributed by atoms with Gasteiger partial charge in [0.05, 0.1) is 5.60 Å². The van der Waals surface area contributed by atoms with E-state index in [0.717, 1.165) is 25.6 Å². The fraction of sp³-hybridized carbons (Fsp3) is 0.692. The first-order valence-corrected chi connectivity index (χ1v) is 6.44. The van der Waals surface area contributed by atoms with Crippen molar-refractivity contribution < 1.29 is 5.11 Å². The molecular formula is C13H22N4O. The summed E-state index contributed by atoms with van der Waals surface area (Å²) in [5.41, 5.74) is -0.634. The standard InChI is InChI=1S/C13H22N4O/c1-11-9-16(10-13(2,3)18)7-8-17(11)12-14-5-4-6-15-12/h4-6,11,18H,7-10H2,1-3H3. The quantitative estimate of drug-likeness (QED) is 0.858. The molecule has 1 aliphatic heterocycles. The van der Waals surface area contributed by atoms with Gasteiger partial charge in [0.25, 0.3) is 0 Å². The van der Waals surface area contributed by atoms with Crippen LogP contribution in [0.25, 0.3) is 0 Å². The maximum Gasteiger partial charge on any atom is 0.225 e. The number of hydrogen-bond acceptors (Lipinski definition) is 5. The third-order valence-corrected chi connectivity index (χ3v) is 3.13. The average molecular weight is 250 g/mol. The van der Waals surface area contributed by atoms with Gasteiger partial charge in [0.2, 0.25) is 5.95 Å². The smallest absolute Gasteiger partial charge is 0.225 e. The van der Waals surface area contributed by atoms with Gasteiger partial charge in [-0.05, 0) is 26.8 Å². The molecular weight excluding hydrogens is 228 g/mol. The number of aromatic nitrogens is 2. The van der Waals surface area contributed by atoms with E-state index in [0.29, 0.717) is 12.6 Å². The Labute approximate surface area is 108 Å². The minimum Gasteiger partial charge on any atom is -0.389 e. The predicted octanol–water partition coefficient (Wildman–Crippen LogP) is 0.758. The minimum absolute atomic E-state index is 0.364. The molecule has 0 saturated carbocycles. The first kappa shape index (κ1) is 13.2. The van der Waals surface area contributed by atoms with E-state index in [1.165, 1.54) is 0 Å². The van der Waals surface area contributed by atoms with E-state index in [9.17, 15) is 5.11 Å². The van der Waals surface area contributed by atoms with Gasteiger partial charge in [-0.1, -0.05) is 0 Å². The Kier molecular flexibility index (Phi) is 3.82. The van der Waals surface area contributed by atoms with E-state index in [-0.39, 0.29) is 0 Å². The molecule has 0 spiro atoms. The Morgan fingerprint density at radius 1 is 1.33 bits per heavy atom. The van der Waals surface area contributed by atoms with Crippen LogP contribution in [-0.2, 0) is 0 Å². The Bertz CT molecular complexity index is 376. The van der Waals surface area contributed by atoms with Gasteiger partial charge < -0.3 is 10.0 Å². The second kappa shape index (κ2) is 5.20. The van der Waals surface area contributed by atoms with Crippen LogP contribution >= 0.6 is 0 Å². The molecule has 0 aliphatic carbocycles. The van der Waals surface area contributed by atoms with Crippen LogP contribution in [0.5, 0.6) is 0 Å². The number of anilines is 1. The summed E-state index contributed by atoms with van der Waals surface area (Å²) in [5.74, 6) is 0.799. The largest absolute Gasteiger partial charge is 0.389 e. The van der Waals surface area contributed by atoms with E-state index in [1.54, 1.807) is 12.4 Å². The van der Waals surface area contributed by atoms with E-state index >= 15 is 0 Å². The highest BCUT2D eigenvalue weighted by Gasteiger charge is 2.28. The topological polar surface area (TPSA) is 52.5 Å². The fourth-order valence-corrected chi connectivity index (χ4v) is 2.46. The molecule has 0 amide bonds. The molecule has 0 bridgehead atoms. The molecule has 1 aliphatic rings.